The van der Waals surface area contributed by atoms with Crippen molar-refractivity contribution in [2.45, 2.75) is 51.5 Å². The van der Waals surface area contributed by atoms with E-state index < -0.39 is 0 Å². The summed E-state index contributed by atoms with van der Waals surface area (Å²) in [6, 6.07) is 8.28. The van der Waals surface area contributed by atoms with Crippen molar-refractivity contribution in [2.24, 2.45) is 0 Å². The van der Waals surface area contributed by atoms with Crippen molar-refractivity contribution in [1.29, 1.82) is 0 Å². The lowest BCUT2D eigenvalue weighted by Gasteiger charge is -2.31. The topological polar surface area (TPSA) is 32.3 Å². The summed E-state index contributed by atoms with van der Waals surface area (Å²) >= 11 is 0. The van der Waals surface area contributed by atoms with E-state index in [1.165, 1.54) is 19.3 Å². The molecule has 110 valence electrons. The van der Waals surface area contributed by atoms with Crippen molar-refractivity contribution in [1.82, 2.24) is 4.90 Å². The Morgan fingerprint density at radius 2 is 1.85 bits per heavy atom. The molecule has 1 N–H and O–H groups in total. The van der Waals surface area contributed by atoms with Gasteiger partial charge < -0.3 is 10.2 Å². The molecule has 3 heteroatoms. The average Bonchev–Trinajstić information content (AvgIpc) is 2.53. The fraction of sp³-hybridized carbons (Fsp3) is 0.588. The van der Waals surface area contributed by atoms with E-state index >= 15 is 0 Å². The predicted molar refractivity (Wildman–Crippen MR) is 84.2 cm³/mol. The molecule has 0 aromatic heterocycles. The summed E-state index contributed by atoms with van der Waals surface area (Å²) in [5.74, 6) is 0.152. The first-order valence-electron chi connectivity index (χ1n) is 7.83. The lowest BCUT2D eigenvalue weighted by molar-refractivity contribution is 0.0696. The van der Waals surface area contributed by atoms with E-state index in [9.17, 15) is 4.79 Å². The molecule has 1 aromatic rings. The van der Waals surface area contributed by atoms with Crippen molar-refractivity contribution >= 4 is 11.6 Å². The van der Waals surface area contributed by atoms with Gasteiger partial charge in [-0.2, -0.15) is 0 Å². The normalized spacial score (nSPS) is 15.9. The number of hydrogen-bond acceptors (Lipinski definition) is 2. The summed E-state index contributed by atoms with van der Waals surface area (Å²) in [6.07, 6.45) is 7.22. The number of amides is 1. The van der Waals surface area contributed by atoms with E-state index in [0.717, 1.165) is 37.1 Å². The molecular formula is C17H26N2O. The van der Waals surface area contributed by atoms with Gasteiger partial charge in [-0.05, 0) is 43.5 Å². The molecular weight excluding hydrogens is 248 g/mol. The first kappa shape index (κ1) is 14.9. The van der Waals surface area contributed by atoms with Crippen LogP contribution >= 0.6 is 0 Å². The molecule has 0 aliphatic heterocycles. The van der Waals surface area contributed by atoms with Gasteiger partial charge in [-0.15, -0.1) is 0 Å². The van der Waals surface area contributed by atoms with Gasteiger partial charge in [0, 0.05) is 30.9 Å². The van der Waals surface area contributed by atoms with Crippen LogP contribution in [0.4, 0.5) is 5.69 Å². The van der Waals surface area contributed by atoms with Crippen LogP contribution in [0.5, 0.6) is 0 Å². The van der Waals surface area contributed by atoms with Gasteiger partial charge in [0.25, 0.3) is 5.91 Å². The first-order chi connectivity index (χ1) is 9.72. The molecule has 0 unspecified atom stereocenters. The second kappa shape index (κ2) is 7.32. The molecule has 2 rings (SSSR count). The lowest BCUT2D eigenvalue weighted by atomic mass is 9.94. The minimum Gasteiger partial charge on any atom is -0.385 e. The molecule has 3 nitrogen and oxygen atoms in total. The maximum Gasteiger partial charge on any atom is 0.253 e. The molecule has 1 aromatic carbocycles. The summed E-state index contributed by atoms with van der Waals surface area (Å²) in [5, 5.41) is 3.33. The molecule has 0 bridgehead atoms. The van der Waals surface area contributed by atoms with Gasteiger partial charge in [0.05, 0.1) is 0 Å². The van der Waals surface area contributed by atoms with E-state index in [-0.39, 0.29) is 5.91 Å². The molecule has 0 atom stereocenters. The van der Waals surface area contributed by atoms with Gasteiger partial charge >= 0.3 is 0 Å². The van der Waals surface area contributed by atoms with Gasteiger partial charge in [0.15, 0.2) is 0 Å². The summed E-state index contributed by atoms with van der Waals surface area (Å²) in [6.45, 7) is 3.11. The van der Waals surface area contributed by atoms with Gasteiger partial charge in [-0.25, -0.2) is 0 Å². The molecule has 1 aliphatic carbocycles. The summed E-state index contributed by atoms with van der Waals surface area (Å²) in [7, 11) is 1.95. The minimum absolute atomic E-state index is 0.152. The Bertz CT molecular complexity index is 421. The maximum atomic E-state index is 12.5. The Hall–Kier alpha value is -1.51. The summed E-state index contributed by atoms with van der Waals surface area (Å²) in [4.78, 5) is 14.4. The van der Waals surface area contributed by atoms with E-state index in [2.05, 4.69) is 12.2 Å². The van der Waals surface area contributed by atoms with Crippen LogP contribution < -0.4 is 5.32 Å². The van der Waals surface area contributed by atoms with Crippen LogP contribution in [-0.4, -0.2) is 30.4 Å². The third-order valence-corrected chi connectivity index (χ3v) is 4.15. The standard InChI is InChI=1S/C17H26N2O/c1-3-13-18-15-11-9-14(10-12-15)17(20)19(2)16-7-5-4-6-8-16/h9-12,16,18H,3-8,13H2,1-2H3. The monoisotopic (exact) mass is 274 g/mol. The number of nitrogens with one attached hydrogen (secondary N) is 1. The SMILES string of the molecule is CCCNc1ccc(C(=O)N(C)C2CCCCC2)cc1. The van der Waals surface area contributed by atoms with E-state index in [1.54, 1.807) is 0 Å². The zero-order valence-corrected chi connectivity index (χ0v) is 12.7. The molecule has 1 fully saturated rings. The molecule has 0 radical (unpaired) electrons. The zero-order chi connectivity index (χ0) is 14.4. The average molecular weight is 274 g/mol. The van der Waals surface area contributed by atoms with Crippen LogP contribution in [-0.2, 0) is 0 Å². The molecule has 0 saturated heterocycles. The highest BCUT2D eigenvalue weighted by atomic mass is 16.2. The molecule has 1 aliphatic rings. The Morgan fingerprint density at radius 3 is 2.45 bits per heavy atom. The number of carbonyl (C=O) groups excluding carboxylic acids is 1. The Labute approximate surface area is 122 Å². The fourth-order valence-electron chi connectivity index (χ4n) is 2.84. The van der Waals surface area contributed by atoms with Crippen molar-refractivity contribution in [3.8, 4) is 0 Å². The smallest absolute Gasteiger partial charge is 0.253 e. The maximum absolute atomic E-state index is 12.5. The molecule has 0 spiro atoms. The van der Waals surface area contributed by atoms with Gasteiger partial charge in [-0.1, -0.05) is 26.2 Å². The van der Waals surface area contributed by atoms with E-state index in [1.807, 2.05) is 36.2 Å². The van der Waals surface area contributed by atoms with Crippen LogP contribution in [0.25, 0.3) is 0 Å². The molecule has 0 heterocycles. The number of anilines is 1. The summed E-state index contributed by atoms with van der Waals surface area (Å²) < 4.78 is 0. The first-order valence-corrected chi connectivity index (χ1v) is 7.83. The highest BCUT2D eigenvalue weighted by molar-refractivity contribution is 5.94. The fourth-order valence-corrected chi connectivity index (χ4v) is 2.84. The van der Waals surface area contributed by atoms with Gasteiger partial charge in [0.1, 0.15) is 0 Å². The Kier molecular flexibility index (Phi) is 5.45. The number of carbonyl (C=O) groups is 1. The van der Waals surface area contributed by atoms with Crippen molar-refractivity contribution in [3.63, 3.8) is 0 Å². The lowest BCUT2D eigenvalue weighted by Crippen LogP contribution is -2.38. The molecule has 20 heavy (non-hydrogen) atoms. The van der Waals surface area contributed by atoms with Crippen LogP contribution in [0.15, 0.2) is 24.3 Å². The number of hydrogen-bond donors (Lipinski definition) is 1. The van der Waals surface area contributed by atoms with Crippen molar-refractivity contribution in [3.05, 3.63) is 29.8 Å². The summed E-state index contributed by atoms with van der Waals surface area (Å²) in [5.41, 5.74) is 1.88. The number of rotatable bonds is 5. The van der Waals surface area contributed by atoms with Gasteiger partial charge in [-0.3, -0.25) is 4.79 Å². The number of nitrogens with zero attached hydrogens (tertiary/aromatic N) is 1. The second-order valence-electron chi connectivity index (χ2n) is 5.71. The zero-order valence-electron chi connectivity index (χ0n) is 12.7. The minimum atomic E-state index is 0.152. The Balaban J connectivity index is 1.97. The quantitative estimate of drug-likeness (QED) is 0.882. The number of benzene rings is 1. The molecule has 1 saturated carbocycles. The van der Waals surface area contributed by atoms with E-state index in [0.29, 0.717) is 6.04 Å². The van der Waals surface area contributed by atoms with Crippen molar-refractivity contribution in [2.75, 3.05) is 18.9 Å². The Morgan fingerprint density at radius 1 is 1.20 bits per heavy atom. The van der Waals surface area contributed by atoms with E-state index in [4.69, 9.17) is 0 Å². The van der Waals surface area contributed by atoms with Crippen LogP contribution in [0.2, 0.25) is 0 Å². The van der Waals surface area contributed by atoms with Crippen LogP contribution in [0, 0.1) is 0 Å². The van der Waals surface area contributed by atoms with Gasteiger partial charge in [0.2, 0.25) is 0 Å². The highest BCUT2D eigenvalue weighted by Crippen LogP contribution is 2.23. The largest absolute Gasteiger partial charge is 0.385 e. The third kappa shape index (κ3) is 3.75. The second-order valence-corrected chi connectivity index (χ2v) is 5.71. The van der Waals surface area contributed by atoms with Crippen LogP contribution in [0.3, 0.4) is 0 Å². The highest BCUT2D eigenvalue weighted by Gasteiger charge is 2.22. The van der Waals surface area contributed by atoms with Crippen molar-refractivity contribution < 1.29 is 4.79 Å². The predicted octanol–water partition coefficient (Wildman–Crippen LogP) is 3.91. The van der Waals surface area contributed by atoms with Crippen LogP contribution in [0.1, 0.15) is 55.8 Å². The molecule has 1 amide bonds. The third-order valence-electron chi connectivity index (χ3n) is 4.15.